The number of halogens is 1. The Hall–Kier alpha value is -1.37. The number of benzene rings is 1. The molecule has 106 valence electrons. The van der Waals surface area contributed by atoms with Crippen molar-refractivity contribution in [2.45, 2.75) is 6.42 Å². The van der Waals surface area contributed by atoms with Crippen LogP contribution in [0.15, 0.2) is 24.4 Å². The second-order valence-corrected chi connectivity index (χ2v) is 7.30. The highest BCUT2D eigenvalue weighted by Crippen LogP contribution is 2.31. The van der Waals surface area contributed by atoms with Crippen LogP contribution in [0, 0.1) is 0 Å². The minimum atomic E-state index is -3.13. The van der Waals surface area contributed by atoms with Gasteiger partial charge in [-0.15, -0.1) is 0 Å². The number of fused-ring (bicyclic) bond motifs is 1. The van der Waals surface area contributed by atoms with E-state index in [9.17, 15) is 8.42 Å². The van der Waals surface area contributed by atoms with Crippen LogP contribution < -0.4 is 0 Å². The van der Waals surface area contributed by atoms with E-state index < -0.39 is 10.0 Å². The summed E-state index contributed by atoms with van der Waals surface area (Å²) in [5.41, 5.74) is 3.02. The summed E-state index contributed by atoms with van der Waals surface area (Å²) in [4.78, 5) is 0. The third-order valence-electron chi connectivity index (χ3n) is 3.51. The highest BCUT2D eigenvalue weighted by Gasteiger charge is 2.21. The molecular formula is C13H14ClN3O2S. The Morgan fingerprint density at radius 3 is 2.85 bits per heavy atom. The summed E-state index contributed by atoms with van der Waals surface area (Å²) >= 11 is 6.12. The summed E-state index contributed by atoms with van der Waals surface area (Å²) in [6, 6.07) is 3.74. The molecule has 0 aliphatic carbocycles. The molecular weight excluding hydrogens is 298 g/mol. The van der Waals surface area contributed by atoms with Gasteiger partial charge in [0.2, 0.25) is 10.0 Å². The molecule has 2 heterocycles. The summed E-state index contributed by atoms with van der Waals surface area (Å²) in [7, 11) is -3.13. The Kier molecular flexibility index (Phi) is 3.32. The summed E-state index contributed by atoms with van der Waals surface area (Å²) < 4.78 is 24.5. The van der Waals surface area contributed by atoms with Crippen molar-refractivity contribution < 1.29 is 8.42 Å². The van der Waals surface area contributed by atoms with E-state index in [1.165, 1.54) is 10.6 Å². The third-order valence-corrected chi connectivity index (χ3v) is 5.00. The average Bonchev–Trinajstić information content (AvgIpc) is 2.85. The molecule has 3 rings (SSSR count). The lowest BCUT2D eigenvalue weighted by molar-refractivity contribution is 0.446. The quantitative estimate of drug-likeness (QED) is 0.925. The minimum Gasteiger partial charge on any atom is -0.278 e. The van der Waals surface area contributed by atoms with Gasteiger partial charge in [-0.25, -0.2) is 8.42 Å². The molecule has 0 fully saturated rings. The Labute approximate surface area is 122 Å². The van der Waals surface area contributed by atoms with Crippen molar-refractivity contribution in [1.82, 2.24) is 14.5 Å². The van der Waals surface area contributed by atoms with E-state index in [2.05, 4.69) is 10.2 Å². The maximum Gasteiger partial charge on any atom is 0.211 e. The van der Waals surface area contributed by atoms with E-state index in [1.54, 1.807) is 6.20 Å². The van der Waals surface area contributed by atoms with Gasteiger partial charge in [0.25, 0.3) is 0 Å². The van der Waals surface area contributed by atoms with Gasteiger partial charge in [0, 0.05) is 23.5 Å². The number of hydrogen-bond donors (Lipinski definition) is 1. The lowest BCUT2D eigenvalue weighted by atomic mass is 9.97. The molecule has 1 N–H and O–H groups in total. The van der Waals surface area contributed by atoms with Crippen LogP contribution in [0.4, 0.5) is 0 Å². The Bertz CT molecular complexity index is 795. The van der Waals surface area contributed by atoms with Crippen molar-refractivity contribution in [2.24, 2.45) is 0 Å². The van der Waals surface area contributed by atoms with E-state index in [-0.39, 0.29) is 0 Å². The molecule has 5 nitrogen and oxygen atoms in total. The van der Waals surface area contributed by atoms with Gasteiger partial charge in [0.05, 0.1) is 18.0 Å². The summed E-state index contributed by atoms with van der Waals surface area (Å²) in [5.74, 6) is 0. The number of aromatic nitrogens is 2. The van der Waals surface area contributed by atoms with Crippen LogP contribution >= 0.6 is 11.6 Å². The largest absolute Gasteiger partial charge is 0.278 e. The van der Waals surface area contributed by atoms with Gasteiger partial charge >= 0.3 is 0 Å². The predicted molar refractivity (Wildman–Crippen MR) is 80.1 cm³/mol. The highest BCUT2D eigenvalue weighted by molar-refractivity contribution is 7.88. The van der Waals surface area contributed by atoms with Crippen LogP contribution in [0.1, 0.15) is 12.0 Å². The summed E-state index contributed by atoms with van der Waals surface area (Å²) in [6.45, 7) is 0.899. The number of aromatic amines is 1. The maximum absolute atomic E-state index is 11.5. The Balaban J connectivity index is 2.01. The topological polar surface area (TPSA) is 66.1 Å². The first-order valence-electron chi connectivity index (χ1n) is 6.22. The van der Waals surface area contributed by atoms with Crippen molar-refractivity contribution in [3.8, 4) is 0 Å². The van der Waals surface area contributed by atoms with Crippen LogP contribution in [0.5, 0.6) is 0 Å². The molecule has 0 saturated carbocycles. The number of hydrogen-bond acceptors (Lipinski definition) is 3. The first kappa shape index (κ1) is 13.6. The summed E-state index contributed by atoms with van der Waals surface area (Å²) in [6.07, 6.45) is 5.63. The minimum absolute atomic E-state index is 0.403. The van der Waals surface area contributed by atoms with Crippen LogP contribution in [0.2, 0.25) is 5.02 Å². The van der Waals surface area contributed by atoms with Gasteiger partial charge < -0.3 is 0 Å². The van der Waals surface area contributed by atoms with Gasteiger partial charge in [0.1, 0.15) is 0 Å². The zero-order valence-corrected chi connectivity index (χ0v) is 12.5. The van der Waals surface area contributed by atoms with Crippen molar-refractivity contribution >= 4 is 38.1 Å². The Morgan fingerprint density at radius 1 is 1.40 bits per heavy atom. The van der Waals surface area contributed by atoms with Crippen molar-refractivity contribution in [3.05, 3.63) is 35.0 Å². The molecule has 0 unspecified atom stereocenters. The zero-order valence-electron chi connectivity index (χ0n) is 10.9. The van der Waals surface area contributed by atoms with Gasteiger partial charge in [-0.05, 0) is 29.7 Å². The second-order valence-electron chi connectivity index (χ2n) is 4.88. The molecule has 1 aliphatic rings. The first-order valence-corrected chi connectivity index (χ1v) is 8.45. The van der Waals surface area contributed by atoms with Crippen LogP contribution in [-0.2, 0) is 10.0 Å². The van der Waals surface area contributed by atoms with E-state index in [0.717, 1.165) is 22.0 Å². The van der Waals surface area contributed by atoms with Crippen LogP contribution in [0.3, 0.4) is 0 Å². The molecule has 1 aliphatic heterocycles. The number of sulfonamides is 1. The molecule has 2 aromatic rings. The van der Waals surface area contributed by atoms with Gasteiger partial charge in [0.15, 0.2) is 0 Å². The Morgan fingerprint density at radius 2 is 2.20 bits per heavy atom. The van der Waals surface area contributed by atoms with E-state index in [0.29, 0.717) is 24.5 Å². The number of nitrogens with zero attached hydrogens (tertiary/aromatic N) is 2. The molecule has 1 aromatic carbocycles. The monoisotopic (exact) mass is 311 g/mol. The molecule has 7 heteroatoms. The molecule has 20 heavy (non-hydrogen) atoms. The number of rotatable bonds is 2. The lowest BCUT2D eigenvalue weighted by Crippen LogP contribution is -2.33. The zero-order chi connectivity index (χ0) is 14.3. The van der Waals surface area contributed by atoms with E-state index in [4.69, 9.17) is 11.6 Å². The fourth-order valence-electron chi connectivity index (χ4n) is 2.48. The molecule has 0 bridgehead atoms. The maximum atomic E-state index is 11.5. The SMILES string of the molecule is CS(=O)(=O)N1CC=C(c2cc(Cl)cc3[nH]ncc23)CC1. The third kappa shape index (κ3) is 2.46. The van der Waals surface area contributed by atoms with Crippen molar-refractivity contribution in [1.29, 1.82) is 0 Å². The van der Waals surface area contributed by atoms with Crippen molar-refractivity contribution in [3.63, 3.8) is 0 Å². The normalized spacial score (nSPS) is 17.4. The first-order chi connectivity index (χ1) is 9.45. The fraction of sp³-hybridized carbons (Fsp3) is 0.308. The van der Waals surface area contributed by atoms with Crippen LogP contribution in [-0.4, -0.2) is 42.3 Å². The standard InChI is InChI=1S/C13H14ClN3O2S/c1-20(18,19)17-4-2-9(3-5-17)11-6-10(14)7-13-12(11)8-15-16-13/h2,6-8H,3-5H2,1H3,(H,15,16). The van der Waals surface area contributed by atoms with Gasteiger partial charge in [-0.1, -0.05) is 17.7 Å². The molecule has 0 radical (unpaired) electrons. The van der Waals surface area contributed by atoms with Crippen LogP contribution in [0.25, 0.3) is 16.5 Å². The molecule has 0 saturated heterocycles. The predicted octanol–water partition coefficient (Wildman–Crippen LogP) is 2.27. The van der Waals surface area contributed by atoms with Gasteiger partial charge in [-0.2, -0.15) is 9.40 Å². The fourth-order valence-corrected chi connectivity index (χ4v) is 3.46. The smallest absolute Gasteiger partial charge is 0.211 e. The molecule has 1 aromatic heterocycles. The van der Waals surface area contributed by atoms with Crippen molar-refractivity contribution in [2.75, 3.05) is 19.3 Å². The molecule has 0 atom stereocenters. The van der Waals surface area contributed by atoms with E-state index >= 15 is 0 Å². The molecule has 0 amide bonds. The highest BCUT2D eigenvalue weighted by atomic mass is 35.5. The number of H-pyrrole nitrogens is 1. The van der Waals surface area contributed by atoms with Gasteiger partial charge in [-0.3, -0.25) is 5.10 Å². The molecule has 0 spiro atoms. The second kappa shape index (κ2) is 4.87. The lowest BCUT2D eigenvalue weighted by Gasteiger charge is -2.24. The average molecular weight is 312 g/mol. The van der Waals surface area contributed by atoms with E-state index in [1.807, 2.05) is 18.2 Å². The number of nitrogens with one attached hydrogen (secondary N) is 1. The summed E-state index contributed by atoms with van der Waals surface area (Å²) in [5, 5.41) is 8.59.